The molecule has 47 nitrogen and oxygen atoms in total. The molecular weight excluding hydrogens is 1810 g/mol. The van der Waals surface area contributed by atoms with Crippen molar-refractivity contribution in [3.8, 4) is 73.7 Å². The molecule has 14 N–H and O–H groups in total. The third kappa shape index (κ3) is 27.0. The Morgan fingerprint density at radius 3 is 1.22 bits per heavy atom. The lowest BCUT2D eigenvalue weighted by Gasteiger charge is -2.33. The summed E-state index contributed by atoms with van der Waals surface area (Å²) in [6.07, 6.45) is 27.8. The van der Waals surface area contributed by atoms with Crippen LogP contribution in [-0.4, -0.2) is 313 Å². The van der Waals surface area contributed by atoms with Crippen molar-refractivity contribution in [1.29, 1.82) is 0 Å². The number of fused-ring (bicyclic) bond motifs is 1. The fourth-order valence-electron chi connectivity index (χ4n) is 15.8. The molecule has 14 aromatic rings. The maximum Gasteiger partial charge on any atom is 0.229 e. The van der Waals surface area contributed by atoms with E-state index >= 15 is 0 Å². The Labute approximate surface area is 812 Å². The number of nitrogens with two attached hydrogens (primary N) is 5. The molecule has 7 saturated heterocycles. The van der Waals surface area contributed by atoms with E-state index in [9.17, 15) is 0 Å². The van der Waals surface area contributed by atoms with Crippen molar-refractivity contribution in [2.24, 2.45) is 0 Å². The van der Waals surface area contributed by atoms with Gasteiger partial charge in [0.2, 0.25) is 65.4 Å². The van der Waals surface area contributed by atoms with Gasteiger partial charge in [-0.05, 0) is 81.2 Å². The van der Waals surface area contributed by atoms with Crippen molar-refractivity contribution in [3.63, 3.8) is 0 Å². The van der Waals surface area contributed by atoms with E-state index < -0.39 is 0 Å². The van der Waals surface area contributed by atoms with E-state index in [1.54, 1.807) is 107 Å². The molecule has 0 aliphatic carbocycles. The standard InChI is InChI=1S/C22H27N9O.C22H22N8O2.C18H25N7O2.C17H17N7O2.C15H21N7O2/c23-21-26-12-16(13-27-21)19-11-20(30-22(29-19)31-7-9-32-10-8-31)28-17-1-2-18(25-14-17)15-3-5-24-6-4-15;1-31-19-4-2-3-17-16(19)9-15(13-24-17)27-20-10-18(14-11-25-21(23)26-12-14)28-22(29-20)30-5-7-32-8-6-30;1-24(14-2-6-26-7-3-14)16-10-15(13-11-20-17(19)21-12-13)22-18(23-16)25-4-8-27-9-5-25;18-16-20-9-12(10-21-16)14-8-15(26-13-2-1-3-19-11-13)23-17(22-14)24-4-6-25-7-5-24;1-23-5-2-17-13-8-12(11-9-18-14(16)19-10-11)20-15(21-13)22-3-6-24-7-4-22/h1-2,11-15,24H,3-10H2,(H2,23,26,27)(H,28,29,30);2-4,9-13H,5-8H2,1H3,(H2,23,25,26)(H,27,28,29);10-12,14H,2-9H2,1H3,(H2,19,20,21);1-3,8-11H,4-7H2,(H2,18,20,21);8-10H,2-7H2,1H3,(H2,16,18,19)(H,17,20,21). The first-order valence-electron chi connectivity index (χ1n) is 46.4. The van der Waals surface area contributed by atoms with Gasteiger partial charge in [-0.25, -0.2) is 74.8 Å². The molecule has 0 radical (unpaired) electrons. The van der Waals surface area contributed by atoms with Crippen LogP contribution in [0, 0.1) is 0 Å². The fourth-order valence-corrected chi connectivity index (χ4v) is 15.8. The zero-order valence-electron chi connectivity index (χ0n) is 78.5. The van der Waals surface area contributed by atoms with Gasteiger partial charge in [0, 0.05) is 249 Å². The molecule has 0 spiro atoms. The summed E-state index contributed by atoms with van der Waals surface area (Å²) >= 11 is 0. The molecule has 7 fully saturated rings. The Bertz CT molecular complexity index is 6310. The number of benzene rings is 1. The molecule has 7 aliphatic heterocycles. The van der Waals surface area contributed by atoms with Crippen LogP contribution in [0.1, 0.15) is 37.3 Å². The highest BCUT2D eigenvalue weighted by Crippen LogP contribution is 2.35. The molecule has 732 valence electrons. The van der Waals surface area contributed by atoms with Crippen molar-refractivity contribution >= 4 is 105 Å². The normalized spacial score (nSPS) is 15.7. The van der Waals surface area contributed by atoms with Gasteiger partial charge in [-0.3, -0.25) is 15.0 Å². The van der Waals surface area contributed by atoms with Crippen LogP contribution in [0.25, 0.3) is 67.2 Å². The van der Waals surface area contributed by atoms with Gasteiger partial charge in [-0.15, -0.1) is 0 Å². The molecule has 21 rings (SSSR count). The Morgan fingerprint density at radius 2 is 0.794 bits per heavy atom. The van der Waals surface area contributed by atoms with E-state index in [0.29, 0.717) is 169 Å². The molecule has 0 bridgehead atoms. The molecule has 141 heavy (non-hydrogen) atoms. The lowest BCUT2D eigenvalue weighted by Crippen LogP contribution is -2.39. The van der Waals surface area contributed by atoms with Crippen molar-refractivity contribution in [1.82, 2.24) is 120 Å². The van der Waals surface area contributed by atoms with Gasteiger partial charge in [0.25, 0.3) is 0 Å². The third-order valence-corrected chi connectivity index (χ3v) is 23.4. The number of aromatic nitrogens is 23. The van der Waals surface area contributed by atoms with Crippen LogP contribution >= 0.6 is 0 Å². The number of hydrogen-bond acceptors (Lipinski definition) is 47. The average Bonchev–Trinajstić information content (AvgIpc) is 0.794. The minimum atomic E-state index is 0.211. The minimum Gasteiger partial charge on any atom is -0.496 e. The van der Waals surface area contributed by atoms with E-state index in [4.69, 9.17) is 106 Å². The predicted molar refractivity (Wildman–Crippen MR) is 533 cm³/mol. The van der Waals surface area contributed by atoms with Crippen LogP contribution in [0.4, 0.5) is 94.1 Å². The van der Waals surface area contributed by atoms with Gasteiger partial charge < -0.3 is 122 Å². The van der Waals surface area contributed by atoms with Crippen LogP contribution in [0.15, 0.2) is 166 Å². The quantitative estimate of drug-likeness (QED) is 0.0264. The molecule has 7 aliphatic rings. The molecule has 0 atom stereocenters. The number of anilines is 16. The Kier molecular flexibility index (Phi) is 33.3. The maximum absolute atomic E-state index is 5.86. The van der Waals surface area contributed by atoms with Crippen molar-refractivity contribution in [3.05, 3.63) is 171 Å². The summed E-state index contributed by atoms with van der Waals surface area (Å²) in [6.45, 7) is 18.9. The molecule has 13 aromatic heterocycles. The zero-order chi connectivity index (χ0) is 96.9. The molecule has 0 saturated carbocycles. The SMILES string of the molecule is CN(c1cc(-c2cnc(N)nc2)nc(N2CCOCC2)n1)C1CCOCC1.COCCNc1cc(-c2cnc(N)nc2)nc(N2CCOCC2)n1.COc1cccc2ncc(Nc3cc(-c4cnc(N)nc4)nc(N4CCOCC4)n3)cc12.Nc1ncc(-c2cc(Nc3ccc(C4CCNCC4)nc3)nc(N3CCOCC3)n2)cn1.Nc1ncc(-c2cc(Oc3cccnc3)nc(N3CCOCC3)n2)cn1. The number of morpholine rings is 5. The first kappa shape index (κ1) is 96.9. The summed E-state index contributed by atoms with van der Waals surface area (Å²) in [4.78, 5) is 114. The lowest BCUT2D eigenvalue weighted by atomic mass is 9.94. The summed E-state index contributed by atoms with van der Waals surface area (Å²) in [7, 11) is 5.40. The van der Waals surface area contributed by atoms with Crippen LogP contribution in [-0.2, 0) is 33.2 Å². The molecule has 0 unspecified atom stereocenters. The number of ether oxygens (including phenoxy) is 9. The average molecular weight is 1920 g/mol. The fraction of sp³-hybridized carbons (Fsp3) is 0.372. The van der Waals surface area contributed by atoms with Crippen LogP contribution in [0.3, 0.4) is 0 Å². The number of methoxy groups -OCH3 is 2. The lowest BCUT2D eigenvalue weighted by molar-refractivity contribution is 0.0853. The van der Waals surface area contributed by atoms with Gasteiger partial charge in [0.15, 0.2) is 0 Å². The molecule has 0 amide bonds. The summed E-state index contributed by atoms with van der Waals surface area (Å²) in [6, 6.07) is 25.3. The van der Waals surface area contributed by atoms with Gasteiger partial charge in [0.05, 0.1) is 144 Å². The summed E-state index contributed by atoms with van der Waals surface area (Å²) in [5, 5.41) is 14.3. The number of hydrogen-bond donors (Lipinski definition) is 9. The zero-order valence-corrected chi connectivity index (χ0v) is 78.5. The predicted octanol–water partition coefficient (Wildman–Crippen LogP) is 7.53. The van der Waals surface area contributed by atoms with E-state index in [0.717, 1.165) is 195 Å². The Hall–Kier alpha value is -15.8. The second-order valence-corrected chi connectivity index (χ2v) is 32.9. The topological polar surface area (TPSA) is 577 Å². The smallest absolute Gasteiger partial charge is 0.229 e. The van der Waals surface area contributed by atoms with Crippen LogP contribution in [0.5, 0.6) is 17.4 Å². The number of nitrogen functional groups attached to an aromatic ring is 5. The van der Waals surface area contributed by atoms with E-state index in [-0.39, 0.29) is 29.7 Å². The van der Waals surface area contributed by atoms with E-state index in [2.05, 4.69) is 150 Å². The second-order valence-electron chi connectivity index (χ2n) is 32.9. The first-order chi connectivity index (χ1) is 69.2. The number of pyridine rings is 3. The summed E-state index contributed by atoms with van der Waals surface area (Å²) < 4.78 is 49.1. The Balaban J connectivity index is 0.000000122. The number of nitrogens with one attached hydrogen (secondary N) is 4. The number of nitrogens with zero attached hydrogens (tertiary/aromatic N) is 29. The van der Waals surface area contributed by atoms with E-state index in [1.807, 2.05) is 60.8 Å². The third-order valence-electron chi connectivity index (χ3n) is 23.4. The highest BCUT2D eigenvalue weighted by molar-refractivity contribution is 5.88. The first-order valence-corrected chi connectivity index (χ1v) is 46.4. The largest absolute Gasteiger partial charge is 0.496 e. The van der Waals surface area contributed by atoms with Crippen LogP contribution in [0.2, 0.25) is 0 Å². The number of piperidine rings is 1. The van der Waals surface area contributed by atoms with Crippen molar-refractivity contribution < 1.29 is 42.6 Å². The van der Waals surface area contributed by atoms with Crippen LogP contribution < -0.4 is 88.8 Å². The molecular formula is C94H112N38O9. The molecule has 1 aromatic carbocycles. The molecule has 47 heteroatoms. The number of rotatable bonds is 24. The Morgan fingerprint density at radius 1 is 0.390 bits per heavy atom. The van der Waals surface area contributed by atoms with E-state index in [1.165, 1.54) is 0 Å². The van der Waals surface area contributed by atoms with Crippen molar-refractivity contribution in [2.45, 2.75) is 37.6 Å². The highest BCUT2D eigenvalue weighted by Gasteiger charge is 2.28. The highest BCUT2D eigenvalue weighted by atomic mass is 16.5. The summed E-state index contributed by atoms with van der Waals surface area (Å²) in [5.41, 5.74) is 39.2. The molecule has 20 heterocycles. The van der Waals surface area contributed by atoms with Gasteiger partial charge in [-0.2, -0.15) is 24.9 Å². The van der Waals surface area contributed by atoms with Gasteiger partial charge >= 0.3 is 0 Å². The summed E-state index contributed by atoms with van der Waals surface area (Å²) in [5.74, 6) is 9.57. The second kappa shape index (κ2) is 48.5. The monoisotopic (exact) mass is 1920 g/mol. The van der Waals surface area contributed by atoms with Gasteiger partial charge in [-0.1, -0.05) is 6.07 Å². The van der Waals surface area contributed by atoms with Crippen molar-refractivity contribution in [2.75, 3.05) is 266 Å². The van der Waals surface area contributed by atoms with Gasteiger partial charge in [0.1, 0.15) is 34.8 Å². The maximum atomic E-state index is 5.86. The minimum absolute atomic E-state index is 0.211.